The Bertz CT molecular complexity index is 2240. The average Bonchev–Trinajstić information content (AvgIpc) is 3.64. The quantitative estimate of drug-likeness (QED) is 0.232. The van der Waals surface area contributed by atoms with Gasteiger partial charge in [-0.25, -0.2) is 0 Å². The van der Waals surface area contributed by atoms with Gasteiger partial charge in [0, 0.05) is 44.0 Å². The minimum atomic E-state index is 0.908. The van der Waals surface area contributed by atoms with Crippen molar-refractivity contribution < 1.29 is 4.42 Å². The van der Waals surface area contributed by atoms with Crippen LogP contribution in [-0.4, -0.2) is 9.13 Å². The lowest BCUT2D eigenvalue weighted by molar-refractivity contribution is 0.669. The van der Waals surface area contributed by atoms with Crippen LogP contribution in [0, 0.1) is 0 Å². The summed E-state index contributed by atoms with van der Waals surface area (Å²) in [6.45, 7) is 0. The maximum absolute atomic E-state index is 6.34. The number of furan rings is 1. The first-order valence-corrected chi connectivity index (χ1v) is 13.6. The highest BCUT2D eigenvalue weighted by Gasteiger charge is 2.19. The number of fused-ring (bicyclic) bond motifs is 9. The van der Waals surface area contributed by atoms with Gasteiger partial charge in [-0.2, -0.15) is 0 Å². The molecule has 0 saturated heterocycles. The third-order valence-electron chi connectivity index (χ3n) is 8.39. The molecule has 0 fully saturated rings. The van der Waals surface area contributed by atoms with E-state index in [0.29, 0.717) is 0 Å². The summed E-state index contributed by atoms with van der Waals surface area (Å²) in [4.78, 5) is 0. The topological polar surface area (TPSA) is 23.0 Å². The molecule has 1 aliphatic carbocycles. The van der Waals surface area contributed by atoms with E-state index in [4.69, 9.17) is 4.42 Å². The third kappa shape index (κ3) is 2.87. The van der Waals surface area contributed by atoms with Crippen molar-refractivity contribution in [3.63, 3.8) is 0 Å². The van der Waals surface area contributed by atoms with Crippen LogP contribution in [0.1, 0.15) is 17.7 Å². The van der Waals surface area contributed by atoms with E-state index in [0.717, 1.165) is 46.2 Å². The summed E-state index contributed by atoms with van der Waals surface area (Å²) in [6.07, 6.45) is 6.76. The lowest BCUT2D eigenvalue weighted by Gasteiger charge is -2.12. The summed E-state index contributed by atoms with van der Waals surface area (Å²) in [5.41, 5.74) is 10.5. The number of hydrogen-bond donors (Lipinski definition) is 0. The Kier molecular flexibility index (Phi) is 4.17. The van der Waals surface area contributed by atoms with Crippen LogP contribution in [0.15, 0.2) is 120 Å². The van der Waals surface area contributed by atoms with E-state index in [1.54, 1.807) is 0 Å². The zero-order chi connectivity index (χ0) is 25.5. The first-order chi connectivity index (χ1) is 19.3. The lowest BCUT2D eigenvalue weighted by atomic mass is 10.0. The van der Waals surface area contributed by atoms with E-state index in [-0.39, 0.29) is 0 Å². The number of aromatic nitrogens is 2. The zero-order valence-electron chi connectivity index (χ0n) is 21.3. The molecule has 0 radical (unpaired) electrons. The Morgan fingerprint density at radius 1 is 0.513 bits per heavy atom. The number of rotatable bonds is 2. The van der Waals surface area contributed by atoms with Crippen molar-refractivity contribution >= 4 is 60.7 Å². The Morgan fingerprint density at radius 3 is 1.69 bits per heavy atom. The van der Waals surface area contributed by atoms with Gasteiger partial charge in [0.15, 0.2) is 0 Å². The molecular weight excluding hydrogens is 476 g/mol. The van der Waals surface area contributed by atoms with Crippen molar-refractivity contribution in [2.75, 3.05) is 0 Å². The van der Waals surface area contributed by atoms with Crippen molar-refractivity contribution in [1.29, 1.82) is 0 Å². The van der Waals surface area contributed by atoms with Crippen LogP contribution < -0.4 is 0 Å². The molecule has 9 rings (SSSR count). The highest BCUT2D eigenvalue weighted by atomic mass is 16.3. The molecule has 184 valence electrons. The molecule has 0 atom stereocenters. The van der Waals surface area contributed by atoms with E-state index in [1.807, 2.05) is 0 Å². The maximum atomic E-state index is 6.34. The second kappa shape index (κ2) is 7.75. The SMILES string of the molecule is C1=Cc2c(c3ccccc3n2-c2ccc3oc4ccc(-n5c6ccccc6c6ccccc65)cc4c3c2)CC1. The van der Waals surface area contributed by atoms with Gasteiger partial charge in [-0.15, -0.1) is 0 Å². The van der Waals surface area contributed by atoms with Crippen LogP contribution in [0.2, 0.25) is 0 Å². The molecule has 5 aromatic carbocycles. The number of aryl methyl sites for hydroxylation is 1. The molecule has 0 spiro atoms. The van der Waals surface area contributed by atoms with Crippen LogP contribution in [-0.2, 0) is 6.42 Å². The van der Waals surface area contributed by atoms with Gasteiger partial charge in [-0.05, 0) is 79.1 Å². The number of para-hydroxylation sites is 3. The summed E-state index contributed by atoms with van der Waals surface area (Å²) in [7, 11) is 0. The van der Waals surface area contributed by atoms with Gasteiger partial charge in [0.2, 0.25) is 0 Å². The predicted octanol–water partition coefficient (Wildman–Crippen LogP) is 9.59. The molecule has 3 heteroatoms. The van der Waals surface area contributed by atoms with E-state index >= 15 is 0 Å². The van der Waals surface area contributed by atoms with Gasteiger partial charge in [-0.3, -0.25) is 0 Å². The number of hydrogen-bond acceptors (Lipinski definition) is 1. The molecule has 0 amide bonds. The fourth-order valence-electron chi connectivity index (χ4n) is 6.70. The van der Waals surface area contributed by atoms with Crippen LogP contribution in [0.4, 0.5) is 0 Å². The Morgan fingerprint density at radius 2 is 1.05 bits per heavy atom. The van der Waals surface area contributed by atoms with E-state index < -0.39 is 0 Å². The molecule has 3 nitrogen and oxygen atoms in total. The zero-order valence-corrected chi connectivity index (χ0v) is 21.3. The fraction of sp³-hybridized carbons (Fsp3) is 0.0556. The van der Waals surface area contributed by atoms with Gasteiger partial charge in [0.05, 0.1) is 16.6 Å². The Balaban J connectivity index is 1.31. The largest absolute Gasteiger partial charge is 0.456 e. The Hall–Kier alpha value is -5.02. The molecule has 3 heterocycles. The van der Waals surface area contributed by atoms with Gasteiger partial charge in [-0.1, -0.05) is 60.7 Å². The number of allylic oxidation sites excluding steroid dienone is 1. The van der Waals surface area contributed by atoms with E-state index in [9.17, 15) is 0 Å². The third-order valence-corrected chi connectivity index (χ3v) is 8.39. The summed E-state index contributed by atoms with van der Waals surface area (Å²) in [6, 6.07) is 39.3. The molecule has 8 aromatic rings. The monoisotopic (exact) mass is 500 g/mol. The standard InChI is InChI=1S/C36H24N2O/c1-5-13-31-25(9-1)26-10-2-6-14-32(26)37(31)23-17-19-35-29(21-23)30-22-24(18-20-36(30)39-35)38-33-15-7-3-11-27(33)28-12-4-8-16-34(28)38/h1-3,5-11,13-22H,4,12H2. The minimum Gasteiger partial charge on any atom is -0.456 e. The lowest BCUT2D eigenvalue weighted by Crippen LogP contribution is -2.00. The van der Waals surface area contributed by atoms with Crippen LogP contribution in [0.25, 0.3) is 72.1 Å². The van der Waals surface area contributed by atoms with Crippen LogP contribution in [0.5, 0.6) is 0 Å². The molecule has 39 heavy (non-hydrogen) atoms. The minimum absolute atomic E-state index is 0.908. The molecule has 0 bridgehead atoms. The van der Waals surface area contributed by atoms with Crippen molar-refractivity contribution in [1.82, 2.24) is 9.13 Å². The molecular formula is C36H24N2O. The molecule has 0 N–H and O–H groups in total. The van der Waals surface area contributed by atoms with Crippen LogP contribution >= 0.6 is 0 Å². The highest BCUT2D eigenvalue weighted by molar-refractivity contribution is 6.10. The van der Waals surface area contributed by atoms with Gasteiger partial charge < -0.3 is 13.6 Å². The molecule has 1 aliphatic rings. The highest BCUT2D eigenvalue weighted by Crippen LogP contribution is 2.38. The number of nitrogens with zero attached hydrogens (tertiary/aromatic N) is 2. The van der Waals surface area contributed by atoms with Crippen molar-refractivity contribution in [2.45, 2.75) is 12.8 Å². The second-order valence-electron chi connectivity index (χ2n) is 10.5. The fourth-order valence-corrected chi connectivity index (χ4v) is 6.70. The maximum Gasteiger partial charge on any atom is 0.135 e. The summed E-state index contributed by atoms with van der Waals surface area (Å²) >= 11 is 0. The van der Waals surface area contributed by atoms with Crippen LogP contribution in [0.3, 0.4) is 0 Å². The molecule has 3 aromatic heterocycles. The van der Waals surface area contributed by atoms with Gasteiger partial charge in [0.1, 0.15) is 11.2 Å². The average molecular weight is 501 g/mol. The van der Waals surface area contributed by atoms with Gasteiger partial charge in [0.25, 0.3) is 0 Å². The second-order valence-corrected chi connectivity index (χ2v) is 10.5. The molecule has 0 saturated carbocycles. The molecule has 0 unspecified atom stereocenters. The Labute approximate surface area is 224 Å². The summed E-state index contributed by atoms with van der Waals surface area (Å²) < 4.78 is 11.1. The normalized spacial score (nSPS) is 13.3. The van der Waals surface area contributed by atoms with Crippen molar-refractivity contribution in [3.8, 4) is 11.4 Å². The van der Waals surface area contributed by atoms with Crippen molar-refractivity contribution in [3.05, 3.63) is 127 Å². The summed E-state index contributed by atoms with van der Waals surface area (Å²) in [5, 5.41) is 6.15. The van der Waals surface area contributed by atoms with E-state index in [2.05, 4.69) is 130 Å². The van der Waals surface area contributed by atoms with E-state index in [1.165, 1.54) is 44.0 Å². The smallest absolute Gasteiger partial charge is 0.135 e. The predicted molar refractivity (Wildman–Crippen MR) is 162 cm³/mol. The first-order valence-electron chi connectivity index (χ1n) is 13.6. The molecule has 0 aliphatic heterocycles. The first kappa shape index (κ1) is 21.0. The van der Waals surface area contributed by atoms with Gasteiger partial charge >= 0.3 is 0 Å². The number of benzene rings is 5. The summed E-state index contributed by atoms with van der Waals surface area (Å²) in [5.74, 6) is 0. The van der Waals surface area contributed by atoms with Crippen molar-refractivity contribution in [2.24, 2.45) is 0 Å².